The second kappa shape index (κ2) is 7.57. The van der Waals surface area contributed by atoms with E-state index < -0.39 is 64.3 Å². The number of aromatic hydroxyl groups is 7. The maximum atomic E-state index is 12.7. The molecular weight excluding hydrogens is 440 g/mol. The molecule has 33 heavy (non-hydrogen) atoms. The highest BCUT2D eigenvalue weighted by Crippen LogP contribution is 2.48. The molecule has 11 heteroatoms. The first-order valence-electron chi connectivity index (χ1n) is 9.42. The molecule has 1 aliphatic rings. The molecule has 0 aromatic heterocycles. The highest BCUT2D eigenvalue weighted by Gasteiger charge is 2.49. The minimum atomic E-state index is -2.51. The van der Waals surface area contributed by atoms with Gasteiger partial charge in [0.15, 0.2) is 34.9 Å². The summed E-state index contributed by atoms with van der Waals surface area (Å²) in [6.45, 7) is 0. The summed E-state index contributed by atoms with van der Waals surface area (Å²) in [5, 5.41) is 79.6. The molecule has 11 nitrogen and oxygen atoms in total. The van der Waals surface area contributed by atoms with Crippen LogP contribution >= 0.6 is 0 Å². The molecule has 0 aliphatic carbocycles. The lowest BCUT2D eigenvalue weighted by atomic mass is 9.90. The Morgan fingerprint density at radius 1 is 0.848 bits per heavy atom. The highest BCUT2D eigenvalue weighted by atomic mass is 16.7. The number of ether oxygens (including phenoxy) is 2. The highest BCUT2D eigenvalue weighted by molar-refractivity contribution is 5.91. The van der Waals surface area contributed by atoms with Crippen molar-refractivity contribution in [2.75, 3.05) is 0 Å². The summed E-state index contributed by atoms with van der Waals surface area (Å²) in [5.74, 6) is -8.06. The first-order valence-corrected chi connectivity index (χ1v) is 9.42. The molecule has 0 amide bonds. The third-order valence-corrected chi connectivity index (χ3v) is 5.13. The SMILES string of the molecule is O=C(O[C@]1(O)Cc2c(O)cc(O)cc2O[C@@H]1c1ccc(O)c(O)c1)c1cc(O)c(O)c(O)c1. The van der Waals surface area contributed by atoms with Crippen LogP contribution in [0.2, 0.25) is 0 Å². The summed E-state index contributed by atoms with van der Waals surface area (Å²) in [7, 11) is 0. The minimum absolute atomic E-state index is 0.00116. The van der Waals surface area contributed by atoms with E-state index in [4.69, 9.17) is 9.47 Å². The fourth-order valence-corrected chi connectivity index (χ4v) is 3.53. The van der Waals surface area contributed by atoms with Crippen molar-refractivity contribution in [2.45, 2.75) is 18.3 Å². The number of hydrogen-bond donors (Lipinski definition) is 8. The van der Waals surface area contributed by atoms with E-state index >= 15 is 0 Å². The Hall–Kier alpha value is -4.51. The first-order chi connectivity index (χ1) is 15.5. The summed E-state index contributed by atoms with van der Waals surface area (Å²) in [6.07, 6.45) is -2.04. The van der Waals surface area contributed by atoms with Gasteiger partial charge in [0.2, 0.25) is 0 Å². The van der Waals surface area contributed by atoms with Gasteiger partial charge >= 0.3 is 5.97 Å². The number of benzene rings is 3. The molecule has 172 valence electrons. The predicted molar refractivity (Wildman–Crippen MR) is 108 cm³/mol. The number of phenols is 7. The van der Waals surface area contributed by atoms with Crippen LogP contribution < -0.4 is 4.74 Å². The van der Waals surface area contributed by atoms with Crippen LogP contribution in [0.3, 0.4) is 0 Å². The van der Waals surface area contributed by atoms with Crippen LogP contribution in [-0.4, -0.2) is 52.6 Å². The maximum absolute atomic E-state index is 12.7. The number of hydrogen-bond acceptors (Lipinski definition) is 11. The quantitative estimate of drug-likeness (QED) is 0.162. The molecule has 0 saturated heterocycles. The van der Waals surface area contributed by atoms with Gasteiger partial charge in [-0.3, -0.25) is 0 Å². The summed E-state index contributed by atoms with van der Waals surface area (Å²) in [5.41, 5.74) is -0.367. The van der Waals surface area contributed by atoms with Gasteiger partial charge in [-0.2, -0.15) is 0 Å². The van der Waals surface area contributed by atoms with Crippen molar-refractivity contribution < 1.29 is 55.1 Å². The largest absolute Gasteiger partial charge is 0.508 e. The molecule has 0 unspecified atom stereocenters. The monoisotopic (exact) mass is 458 g/mol. The number of aliphatic hydroxyl groups is 1. The van der Waals surface area contributed by atoms with E-state index in [1.807, 2.05) is 0 Å². The third kappa shape index (κ3) is 3.81. The molecule has 4 rings (SSSR count). The lowest BCUT2D eigenvalue weighted by Gasteiger charge is -2.40. The zero-order valence-corrected chi connectivity index (χ0v) is 16.6. The molecule has 1 heterocycles. The summed E-state index contributed by atoms with van der Waals surface area (Å²) >= 11 is 0. The van der Waals surface area contributed by atoms with Gasteiger partial charge < -0.3 is 50.3 Å². The Balaban J connectivity index is 1.79. The fraction of sp³-hybridized carbons (Fsp3) is 0.136. The van der Waals surface area contributed by atoms with Crippen molar-refractivity contribution in [1.82, 2.24) is 0 Å². The van der Waals surface area contributed by atoms with Gasteiger partial charge in [-0.25, -0.2) is 4.79 Å². The summed E-state index contributed by atoms with van der Waals surface area (Å²) in [6, 6.07) is 7.22. The lowest BCUT2D eigenvalue weighted by Crippen LogP contribution is -2.48. The molecular formula is C22H18O11. The molecule has 8 N–H and O–H groups in total. The number of carbonyl (C=O) groups excluding carboxylic acids is 1. The smallest absolute Gasteiger partial charge is 0.341 e. The van der Waals surface area contributed by atoms with Gasteiger partial charge in [-0.05, 0) is 24.3 Å². The third-order valence-electron chi connectivity index (χ3n) is 5.13. The zero-order valence-electron chi connectivity index (χ0n) is 16.6. The van der Waals surface area contributed by atoms with Gasteiger partial charge in [0, 0.05) is 29.7 Å². The van der Waals surface area contributed by atoms with Crippen LogP contribution in [0.25, 0.3) is 0 Å². The Morgan fingerprint density at radius 2 is 1.52 bits per heavy atom. The number of fused-ring (bicyclic) bond motifs is 1. The fourth-order valence-electron chi connectivity index (χ4n) is 3.53. The van der Waals surface area contributed by atoms with Crippen molar-refractivity contribution >= 4 is 5.97 Å². The van der Waals surface area contributed by atoms with Crippen LogP contribution in [-0.2, 0) is 11.2 Å². The molecule has 2 atom stereocenters. The Bertz CT molecular complexity index is 1250. The van der Waals surface area contributed by atoms with Gasteiger partial charge in [0.05, 0.1) is 5.56 Å². The van der Waals surface area contributed by atoms with Crippen LogP contribution in [0.5, 0.6) is 46.0 Å². The van der Waals surface area contributed by atoms with Crippen LogP contribution in [0.15, 0.2) is 42.5 Å². The van der Waals surface area contributed by atoms with Crippen molar-refractivity contribution in [3.63, 3.8) is 0 Å². The molecule has 1 aliphatic heterocycles. The van der Waals surface area contributed by atoms with E-state index in [1.54, 1.807) is 0 Å². The molecule has 0 fully saturated rings. The molecule has 0 bridgehead atoms. The molecule has 0 saturated carbocycles. The lowest BCUT2D eigenvalue weighted by molar-refractivity contribution is -0.226. The van der Waals surface area contributed by atoms with E-state index in [0.717, 1.165) is 30.3 Å². The maximum Gasteiger partial charge on any atom is 0.341 e. The molecule has 3 aromatic rings. The van der Waals surface area contributed by atoms with E-state index in [0.29, 0.717) is 0 Å². The minimum Gasteiger partial charge on any atom is -0.508 e. The van der Waals surface area contributed by atoms with Gasteiger partial charge in [-0.1, -0.05) is 6.07 Å². The van der Waals surface area contributed by atoms with Crippen LogP contribution in [0.4, 0.5) is 0 Å². The first kappa shape index (κ1) is 21.7. The number of rotatable bonds is 3. The molecule has 0 radical (unpaired) electrons. The Labute approximate surface area is 185 Å². The van der Waals surface area contributed by atoms with Crippen molar-refractivity contribution in [3.05, 3.63) is 59.2 Å². The summed E-state index contributed by atoms with van der Waals surface area (Å²) in [4.78, 5) is 12.7. The van der Waals surface area contributed by atoms with Crippen molar-refractivity contribution in [1.29, 1.82) is 0 Å². The topological polar surface area (TPSA) is 197 Å². The predicted octanol–water partition coefficient (Wildman–Crippen LogP) is 1.85. The standard InChI is InChI=1S/C22H18O11/c23-11-6-14(25)12-8-22(31,33-21(30)10-4-16(27)19(29)17(28)5-10)20(32-18(12)7-11)9-1-2-13(24)15(26)3-9/h1-7,20,23-29,31H,8H2/t20-,22-/m1/s1. The second-order valence-corrected chi connectivity index (χ2v) is 7.46. The van der Waals surface area contributed by atoms with Crippen LogP contribution in [0, 0.1) is 0 Å². The van der Waals surface area contributed by atoms with Gasteiger partial charge in [0.1, 0.15) is 17.2 Å². The van der Waals surface area contributed by atoms with Crippen molar-refractivity contribution in [2.24, 2.45) is 0 Å². The molecule has 3 aromatic carbocycles. The average molecular weight is 458 g/mol. The Kier molecular flexibility index (Phi) is 4.98. The van der Waals surface area contributed by atoms with Gasteiger partial charge in [-0.15, -0.1) is 0 Å². The summed E-state index contributed by atoms with van der Waals surface area (Å²) < 4.78 is 11.0. The van der Waals surface area contributed by atoms with Crippen molar-refractivity contribution in [3.8, 4) is 46.0 Å². The zero-order chi connectivity index (χ0) is 24.1. The number of phenolic OH excluding ortho intramolecular Hbond substituents is 7. The second-order valence-electron chi connectivity index (χ2n) is 7.46. The van der Waals surface area contributed by atoms with E-state index in [2.05, 4.69) is 0 Å². The number of esters is 1. The number of carbonyl (C=O) groups is 1. The van der Waals surface area contributed by atoms with E-state index in [1.165, 1.54) is 12.1 Å². The van der Waals surface area contributed by atoms with E-state index in [-0.39, 0.29) is 22.6 Å². The molecule has 0 spiro atoms. The average Bonchev–Trinajstić information content (AvgIpc) is 2.74. The van der Waals surface area contributed by atoms with Crippen LogP contribution in [0.1, 0.15) is 27.6 Å². The normalized spacial score (nSPS) is 19.4. The van der Waals surface area contributed by atoms with Gasteiger partial charge in [0.25, 0.3) is 5.79 Å². The van der Waals surface area contributed by atoms with E-state index in [9.17, 15) is 45.6 Å². The Morgan fingerprint density at radius 3 is 2.15 bits per heavy atom.